The van der Waals surface area contributed by atoms with E-state index in [0.29, 0.717) is 19.6 Å². The van der Waals surface area contributed by atoms with Crippen LogP contribution in [0.15, 0.2) is 12.4 Å². The fourth-order valence-electron chi connectivity index (χ4n) is 2.71. The van der Waals surface area contributed by atoms with Crippen molar-refractivity contribution in [1.82, 2.24) is 14.7 Å². The molecule has 22 heavy (non-hydrogen) atoms. The second-order valence-corrected chi connectivity index (χ2v) is 5.49. The summed E-state index contributed by atoms with van der Waals surface area (Å²) >= 11 is 0. The number of aromatic nitrogens is 2. The summed E-state index contributed by atoms with van der Waals surface area (Å²) in [7, 11) is 1.78. The minimum Gasteiger partial charge on any atom is -0.371 e. The average molecular weight is 320 g/mol. The quantitative estimate of drug-likeness (QED) is 0.775. The normalized spacial score (nSPS) is 23.1. The number of primary amides is 1. The van der Waals surface area contributed by atoms with Crippen molar-refractivity contribution < 1.29 is 22.7 Å². The number of carbonyl (C=O) groups is 1. The van der Waals surface area contributed by atoms with E-state index in [9.17, 15) is 18.0 Å². The van der Waals surface area contributed by atoms with Crippen molar-refractivity contribution in [2.24, 2.45) is 18.7 Å². The lowest BCUT2D eigenvalue weighted by atomic mass is 9.90. The Morgan fingerprint density at radius 1 is 1.50 bits per heavy atom. The first-order chi connectivity index (χ1) is 10.3. The number of nitrogens with zero attached hydrogens (tertiary/aromatic N) is 3. The highest BCUT2D eigenvalue weighted by molar-refractivity contribution is 5.78. The van der Waals surface area contributed by atoms with Gasteiger partial charge in [0.2, 0.25) is 5.91 Å². The number of ether oxygens (including phenoxy) is 1. The van der Waals surface area contributed by atoms with E-state index in [2.05, 4.69) is 9.84 Å². The van der Waals surface area contributed by atoms with Crippen molar-refractivity contribution in [3.63, 3.8) is 0 Å². The Labute approximate surface area is 126 Å². The van der Waals surface area contributed by atoms with Crippen LogP contribution in [0, 0.1) is 5.92 Å². The molecule has 0 unspecified atom stereocenters. The van der Waals surface area contributed by atoms with Crippen LogP contribution in [0.2, 0.25) is 0 Å². The molecule has 2 atom stereocenters. The van der Waals surface area contributed by atoms with E-state index in [0.717, 1.165) is 5.56 Å². The van der Waals surface area contributed by atoms with Crippen molar-refractivity contribution in [3.8, 4) is 0 Å². The zero-order valence-corrected chi connectivity index (χ0v) is 12.2. The maximum Gasteiger partial charge on any atom is 0.411 e. The predicted octanol–water partition coefficient (Wildman–Crippen LogP) is 0.500. The van der Waals surface area contributed by atoms with Gasteiger partial charge in [-0.25, -0.2) is 0 Å². The third-order valence-electron chi connectivity index (χ3n) is 3.73. The van der Waals surface area contributed by atoms with E-state index in [1.165, 1.54) is 0 Å². The van der Waals surface area contributed by atoms with Gasteiger partial charge in [-0.15, -0.1) is 0 Å². The van der Waals surface area contributed by atoms with Crippen LogP contribution in [0.5, 0.6) is 0 Å². The molecule has 0 aromatic carbocycles. The minimum atomic E-state index is -4.32. The molecule has 1 aromatic rings. The third-order valence-corrected chi connectivity index (χ3v) is 3.73. The van der Waals surface area contributed by atoms with Crippen LogP contribution in [0.3, 0.4) is 0 Å². The molecule has 1 aromatic heterocycles. The average Bonchev–Trinajstić information content (AvgIpc) is 2.99. The minimum absolute atomic E-state index is 0.0370. The van der Waals surface area contributed by atoms with Crippen LogP contribution in [0.1, 0.15) is 11.5 Å². The summed E-state index contributed by atoms with van der Waals surface area (Å²) in [6.45, 7) is 0.00639. The van der Waals surface area contributed by atoms with Gasteiger partial charge in [0.15, 0.2) is 0 Å². The van der Waals surface area contributed by atoms with E-state index in [1.54, 1.807) is 17.9 Å². The second-order valence-electron chi connectivity index (χ2n) is 5.49. The van der Waals surface area contributed by atoms with E-state index < -0.39 is 18.7 Å². The molecular formula is C13H19F3N4O2. The van der Waals surface area contributed by atoms with Crippen molar-refractivity contribution in [1.29, 1.82) is 0 Å². The zero-order chi connectivity index (χ0) is 16.3. The Kier molecular flexibility index (Phi) is 5.07. The van der Waals surface area contributed by atoms with Crippen LogP contribution in [0.25, 0.3) is 0 Å². The Bertz CT molecular complexity index is 518. The first-order valence-electron chi connectivity index (χ1n) is 6.91. The fraction of sp³-hybridized carbons (Fsp3) is 0.692. The van der Waals surface area contributed by atoms with Gasteiger partial charge in [0.25, 0.3) is 0 Å². The van der Waals surface area contributed by atoms with Gasteiger partial charge in [-0.3, -0.25) is 14.4 Å². The largest absolute Gasteiger partial charge is 0.411 e. The van der Waals surface area contributed by atoms with Crippen molar-refractivity contribution in [3.05, 3.63) is 18.0 Å². The molecule has 1 aliphatic rings. The molecule has 1 fully saturated rings. The second kappa shape index (κ2) is 6.66. The lowest BCUT2D eigenvalue weighted by Crippen LogP contribution is -2.30. The number of carbonyl (C=O) groups excluding carboxylic acids is 1. The van der Waals surface area contributed by atoms with Crippen LogP contribution >= 0.6 is 0 Å². The van der Waals surface area contributed by atoms with Gasteiger partial charge in [-0.1, -0.05) is 0 Å². The number of hydrogen-bond acceptors (Lipinski definition) is 4. The van der Waals surface area contributed by atoms with Gasteiger partial charge < -0.3 is 10.5 Å². The Hall–Kier alpha value is -1.61. The molecule has 0 spiro atoms. The summed E-state index contributed by atoms with van der Waals surface area (Å²) < 4.78 is 42.2. The van der Waals surface area contributed by atoms with E-state index in [1.807, 2.05) is 11.1 Å². The predicted molar refractivity (Wildman–Crippen MR) is 71.9 cm³/mol. The smallest absolute Gasteiger partial charge is 0.371 e. The Balaban J connectivity index is 1.89. The molecule has 1 saturated heterocycles. The molecule has 1 aliphatic heterocycles. The molecule has 2 rings (SSSR count). The van der Waals surface area contributed by atoms with Crippen LogP contribution in [-0.2, 0) is 16.6 Å². The van der Waals surface area contributed by atoms with Gasteiger partial charge in [0, 0.05) is 38.8 Å². The summed E-state index contributed by atoms with van der Waals surface area (Å²) in [5, 5.41) is 4.08. The Morgan fingerprint density at radius 3 is 2.77 bits per heavy atom. The summed E-state index contributed by atoms with van der Waals surface area (Å²) in [6, 6.07) is 0. The maximum absolute atomic E-state index is 12.0. The molecule has 2 N–H and O–H groups in total. The van der Waals surface area contributed by atoms with E-state index in [4.69, 9.17) is 5.73 Å². The third kappa shape index (κ3) is 4.44. The van der Waals surface area contributed by atoms with Gasteiger partial charge in [0.1, 0.15) is 6.61 Å². The van der Waals surface area contributed by atoms with Crippen LogP contribution < -0.4 is 5.73 Å². The van der Waals surface area contributed by atoms with Gasteiger partial charge in [-0.2, -0.15) is 18.3 Å². The number of nitrogens with two attached hydrogens (primary N) is 1. The van der Waals surface area contributed by atoms with Crippen molar-refractivity contribution >= 4 is 5.91 Å². The molecule has 0 radical (unpaired) electrons. The Morgan fingerprint density at radius 2 is 2.23 bits per heavy atom. The molecule has 0 saturated carbocycles. The van der Waals surface area contributed by atoms with Crippen LogP contribution in [0.4, 0.5) is 13.2 Å². The number of likely N-dealkylation sites (tertiary alicyclic amines) is 1. The van der Waals surface area contributed by atoms with Crippen molar-refractivity contribution in [2.75, 3.05) is 32.8 Å². The highest BCUT2D eigenvalue weighted by atomic mass is 19.4. The fourth-order valence-corrected chi connectivity index (χ4v) is 2.71. The lowest BCUT2D eigenvalue weighted by molar-refractivity contribution is -0.174. The highest BCUT2D eigenvalue weighted by Gasteiger charge is 2.37. The van der Waals surface area contributed by atoms with Gasteiger partial charge in [-0.05, 0) is 5.56 Å². The molecule has 9 heteroatoms. The molecule has 2 heterocycles. The van der Waals surface area contributed by atoms with E-state index in [-0.39, 0.29) is 18.4 Å². The van der Waals surface area contributed by atoms with E-state index >= 15 is 0 Å². The maximum atomic E-state index is 12.0. The SMILES string of the molecule is Cn1cc([C@H]2CN(CCOCC(F)(F)F)C[C@@H]2C(N)=O)cn1. The summed E-state index contributed by atoms with van der Waals surface area (Å²) in [5.41, 5.74) is 6.34. The summed E-state index contributed by atoms with van der Waals surface area (Å²) in [6.07, 6.45) is -0.812. The topological polar surface area (TPSA) is 73.4 Å². The molecule has 1 amide bonds. The number of halogens is 3. The number of amides is 1. The van der Waals surface area contributed by atoms with Crippen LogP contribution in [-0.4, -0.2) is 59.6 Å². The number of alkyl halides is 3. The molecule has 124 valence electrons. The number of aryl methyl sites for hydroxylation is 1. The standard InChI is InChI=1S/C13H19F3N4O2/c1-19-5-9(4-18-19)10-6-20(7-11(10)12(17)21)2-3-22-8-13(14,15)16/h4-5,10-11H,2-3,6-8H2,1H3,(H2,17,21)/t10-,11+/m1/s1. The number of hydrogen-bond donors (Lipinski definition) is 1. The molecule has 0 bridgehead atoms. The summed E-state index contributed by atoms with van der Waals surface area (Å²) in [4.78, 5) is 13.5. The molecular weight excluding hydrogens is 301 g/mol. The zero-order valence-electron chi connectivity index (χ0n) is 12.2. The lowest BCUT2D eigenvalue weighted by Gasteiger charge is -2.16. The van der Waals surface area contributed by atoms with Gasteiger partial charge >= 0.3 is 6.18 Å². The molecule has 6 nitrogen and oxygen atoms in total. The highest BCUT2D eigenvalue weighted by Crippen LogP contribution is 2.32. The first-order valence-corrected chi connectivity index (χ1v) is 6.91. The van der Waals surface area contributed by atoms with Gasteiger partial charge in [0.05, 0.1) is 18.7 Å². The monoisotopic (exact) mass is 320 g/mol. The first kappa shape index (κ1) is 16.8. The summed E-state index contributed by atoms with van der Waals surface area (Å²) in [5.74, 6) is -0.867. The number of rotatable bonds is 6. The van der Waals surface area contributed by atoms with Crippen molar-refractivity contribution in [2.45, 2.75) is 12.1 Å². The molecule has 0 aliphatic carbocycles.